The number of amides is 2. The number of thioether (sulfide) groups is 1. The molecule has 0 bridgehead atoms. The molecule has 69 heavy (non-hydrogen) atoms. The molecule has 0 spiro atoms. The lowest BCUT2D eigenvalue weighted by atomic mass is 9.76. The Balaban J connectivity index is 1.27. The predicted octanol–water partition coefficient (Wildman–Crippen LogP) is 10.00. The Labute approximate surface area is 408 Å². The van der Waals surface area contributed by atoms with Crippen LogP contribution in [0, 0.1) is 0 Å². The van der Waals surface area contributed by atoms with E-state index in [0.717, 1.165) is 38.9 Å². The van der Waals surface area contributed by atoms with Crippen LogP contribution in [0.4, 0.5) is 0 Å². The molecular formula is C60H55N3O5S. The summed E-state index contributed by atoms with van der Waals surface area (Å²) < 4.78 is 4.39. The lowest BCUT2D eigenvalue weighted by Crippen LogP contribution is -2.60. The maximum Gasteiger partial charge on any atom is 0.328 e. The van der Waals surface area contributed by atoms with Crippen molar-refractivity contribution in [2.24, 2.45) is 0 Å². The summed E-state index contributed by atoms with van der Waals surface area (Å²) in [5.74, 6) is -1.34. The van der Waals surface area contributed by atoms with E-state index in [4.69, 9.17) is 4.74 Å². The molecule has 0 fully saturated rings. The van der Waals surface area contributed by atoms with Gasteiger partial charge in [-0.3, -0.25) is 14.9 Å². The summed E-state index contributed by atoms with van der Waals surface area (Å²) in [7, 11) is 1.29. The van der Waals surface area contributed by atoms with E-state index in [0.29, 0.717) is 5.56 Å². The fourth-order valence-electron chi connectivity index (χ4n) is 9.04. The number of carbonyl (C=O) groups is 3. The van der Waals surface area contributed by atoms with Crippen molar-refractivity contribution in [1.29, 1.82) is 0 Å². The number of phenols is 1. The molecule has 8 rings (SSSR count). The van der Waals surface area contributed by atoms with Gasteiger partial charge in [-0.2, -0.15) is 0 Å². The molecule has 2 amide bonds. The van der Waals surface area contributed by atoms with Gasteiger partial charge in [-0.25, -0.2) is 4.79 Å². The predicted molar refractivity (Wildman–Crippen MR) is 276 cm³/mol. The van der Waals surface area contributed by atoms with Gasteiger partial charge in [0.2, 0.25) is 11.8 Å². The van der Waals surface area contributed by atoms with Crippen LogP contribution in [0.1, 0.15) is 44.5 Å². The van der Waals surface area contributed by atoms with Crippen LogP contribution in [0.3, 0.4) is 0 Å². The zero-order valence-corrected chi connectivity index (χ0v) is 39.2. The fraction of sp³-hybridized carbons (Fsp3) is 0.150. The van der Waals surface area contributed by atoms with Crippen LogP contribution in [-0.2, 0) is 42.2 Å². The SMILES string of the molecule is COC(=O)[C@H](Cc1ccccc1)NC(=O)[C@H](Cc1ccc(O)cc1)NC(=O)[C@H](CSC(c1ccccc1)(c1ccccc1)c1ccccc1)NC(c1ccccc1)(c1ccccc1)c1ccccc1. The molecule has 9 heteroatoms. The third-order valence-corrected chi connectivity index (χ3v) is 14.1. The van der Waals surface area contributed by atoms with E-state index in [-0.39, 0.29) is 24.3 Å². The summed E-state index contributed by atoms with van der Waals surface area (Å²) in [6, 6.07) is 74.0. The Hall–Kier alpha value is -7.72. The Bertz CT molecular complexity index is 2670. The van der Waals surface area contributed by atoms with Crippen LogP contribution < -0.4 is 16.0 Å². The standard InChI is InChI=1S/C60H55N3O5S/c1-68-58(67)54(42-44-23-9-2-10-24-44)62-56(65)53(41-45-37-39-52(64)40-38-45)61-57(66)55(63-59(46-25-11-3-12-26-46,47-27-13-4-14-28-47)48-29-15-5-16-30-48)43-69-60(49-31-17-6-18-32-49,50-33-19-7-20-34-50)51-35-21-8-22-36-51/h2-40,53-55,63-64H,41-43H2,1H3,(H,61,66)(H,62,65)/t53-,54-,55-/m0/s1. The number of carbonyl (C=O) groups excluding carboxylic acids is 3. The minimum atomic E-state index is -1.17. The van der Waals surface area contributed by atoms with Crippen LogP contribution in [-0.4, -0.2) is 53.9 Å². The summed E-state index contributed by atoms with van der Waals surface area (Å²) in [6.45, 7) is 0. The molecule has 0 saturated heterocycles. The molecule has 346 valence electrons. The number of methoxy groups -OCH3 is 1. The summed E-state index contributed by atoms with van der Waals surface area (Å²) in [5.41, 5.74) is 6.25. The van der Waals surface area contributed by atoms with Gasteiger partial charge in [0.25, 0.3) is 0 Å². The van der Waals surface area contributed by atoms with Gasteiger partial charge in [0.15, 0.2) is 0 Å². The highest BCUT2D eigenvalue weighted by Gasteiger charge is 2.43. The van der Waals surface area contributed by atoms with Crippen molar-refractivity contribution >= 4 is 29.5 Å². The summed E-state index contributed by atoms with van der Waals surface area (Å²) in [5, 5.41) is 20.3. The van der Waals surface area contributed by atoms with E-state index in [1.54, 1.807) is 36.0 Å². The zero-order valence-electron chi connectivity index (χ0n) is 38.4. The van der Waals surface area contributed by atoms with Crippen LogP contribution in [0.25, 0.3) is 0 Å². The maximum absolute atomic E-state index is 15.9. The highest BCUT2D eigenvalue weighted by atomic mass is 32.2. The smallest absolute Gasteiger partial charge is 0.328 e. The molecule has 4 N–H and O–H groups in total. The molecule has 0 aromatic heterocycles. The van der Waals surface area contributed by atoms with Gasteiger partial charge in [-0.15, -0.1) is 11.8 Å². The van der Waals surface area contributed by atoms with E-state index < -0.39 is 46.2 Å². The lowest BCUT2D eigenvalue weighted by molar-refractivity contribution is -0.145. The van der Waals surface area contributed by atoms with Crippen molar-refractivity contribution in [2.75, 3.05) is 12.9 Å². The molecule has 0 radical (unpaired) electrons. The normalized spacial score (nSPS) is 12.8. The Morgan fingerprint density at radius 1 is 0.449 bits per heavy atom. The van der Waals surface area contributed by atoms with Gasteiger partial charge in [-0.05, 0) is 56.6 Å². The molecule has 0 heterocycles. The van der Waals surface area contributed by atoms with Gasteiger partial charge in [0, 0.05) is 18.6 Å². The summed E-state index contributed by atoms with van der Waals surface area (Å²) >= 11 is 1.64. The van der Waals surface area contributed by atoms with Gasteiger partial charge < -0.3 is 20.5 Å². The van der Waals surface area contributed by atoms with Crippen molar-refractivity contribution in [1.82, 2.24) is 16.0 Å². The largest absolute Gasteiger partial charge is 0.508 e. The van der Waals surface area contributed by atoms with Crippen molar-refractivity contribution in [2.45, 2.75) is 41.3 Å². The van der Waals surface area contributed by atoms with Gasteiger partial charge in [0.1, 0.15) is 17.8 Å². The number of nitrogens with one attached hydrogen (secondary N) is 3. The fourth-order valence-corrected chi connectivity index (χ4v) is 10.6. The highest BCUT2D eigenvalue weighted by molar-refractivity contribution is 8.00. The molecule has 0 aliphatic rings. The van der Waals surface area contributed by atoms with E-state index in [1.807, 2.05) is 140 Å². The van der Waals surface area contributed by atoms with Crippen molar-refractivity contribution in [3.05, 3.63) is 281 Å². The van der Waals surface area contributed by atoms with Crippen LogP contribution in [0.2, 0.25) is 0 Å². The summed E-state index contributed by atoms with van der Waals surface area (Å²) in [4.78, 5) is 44.0. The first-order valence-electron chi connectivity index (χ1n) is 23.1. The maximum atomic E-state index is 15.9. The molecule has 0 saturated carbocycles. The molecule has 3 atom stereocenters. The minimum Gasteiger partial charge on any atom is -0.508 e. The molecule has 0 aliphatic heterocycles. The summed E-state index contributed by atoms with van der Waals surface area (Å²) in [6.07, 6.45) is 0.231. The van der Waals surface area contributed by atoms with E-state index in [2.05, 4.69) is 88.7 Å². The number of rotatable bonds is 20. The first-order valence-corrected chi connectivity index (χ1v) is 24.0. The number of hydrogen-bond donors (Lipinski definition) is 4. The number of esters is 1. The number of aromatic hydroxyl groups is 1. The number of ether oxygens (including phenoxy) is 1. The number of hydrogen-bond acceptors (Lipinski definition) is 7. The second-order valence-corrected chi connectivity index (χ2v) is 18.1. The molecular weight excluding hydrogens is 875 g/mol. The quantitative estimate of drug-likeness (QED) is 0.0444. The van der Waals surface area contributed by atoms with Gasteiger partial charge in [0.05, 0.1) is 23.4 Å². The topological polar surface area (TPSA) is 117 Å². The number of phenolic OH excluding ortho intramolecular Hbond substituents is 1. The second-order valence-electron chi connectivity index (χ2n) is 16.8. The van der Waals surface area contributed by atoms with Crippen LogP contribution >= 0.6 is 11.8 Å². The van der Waals surface area contributed by atoms with E-state index in [1.165, 1.54) is 7.11 Å². The van der Waals surface area contributed by atoms with Gasteiger partial charge >= 0.3 is 5.97 Å². The zero-order chi connectivity index (χ0) is 47.9. The second kappa shape index (κ2) is 22.9. The average Bonchev–Trinajstić information content (AvgIpc) is 3.41. The third-order valence-electron chi connectivity index (χ3n) is 12.4. The molecule has 8 aromatic carbocycles. The first-order chi connectivity index (χ1) is 33.8. The molecule has 0 unspecified atom stereocenters. The Morgan fingerprint density at radius 2 is 0.783 bits per heavy atom. The van der Waals surface area contributed by atoms with Crippen LogP contribution in [0.15, 0.2) is 237 Å². The van der Waals surface area contributed by atoms with Gasteiger partial charge in [-0.1, -0.05) is 224 Å². The van der Waals surface area contributed by atoms with Crippen molar-refractivity contribution in [3.8, 4) is 5.75 Å². The number of benzene rings is 8. The third kappa shape index (κ3) is 11.2. The first kappa shape index (κ1) is 47.8. The molecule has 8 nitrogen and oxygen atoms in total. The Morgan fingerprint density at radius 3 is 1.19 bits per heavy atom. The monoisotopic (exact) mass is 929 g/mol. The molecule has 0 aliphatic carbocycles. The highest BCUT2D eigenvalue weighted by Crippen LogP contribution is 2.49. The average molecular weight is 930 g/mol. The minimum absolute atomic E-state index is 0.0557. The molecule has 8 aromatic rings. The van der Waals surface area contributed by atoms with Crippen LogP contribution in [0.5, 0.6) is 5.75 Å². The lowest BCUT2D eigenvalue weighted by Gasteiger charge is -2.41. The van der Waals surface area contributed by atoms with Crippen molar-refractivity contribution in [3.63, 3.8) is 0 Å². The van der Waals surface area contributed by atoms with Crippen molar-refractivity contribution < 1.29 is 24.2 Å². The van der Waals surface area contributed by atoms with E-state index >= 15 is 4.79 Å². The Kier molecular flexibility index (Phi) is 15.8. The van der Waals surface area contributed by atoms with E-state index in [9.17, 15) is 14.7 Å².